The van der Waals surface area contributed by atoms with Crippen LogP contribution in [0.1, 0.15) is 40.5 Å². The van der Waals surface area contributed by atoms with E-state index in [1.54, 1.807) is 6.92 Å². The van der Waals surface area contributed by atoms with E-state index in [1.165, 1.54) is 0 Å². The summed E-state index contributed by atoms with van der Waals surface area (Å²) < 4.78 is 29.3. The molecule has 0 rings (SSSR count). The summed E-state index contributed by atoms with van der Waals surface area (Å²) >= 11 is 0. The summed E-state index contributed by atoms with van der Waals surface area (Å²) in [5, 5.41) is 8.83. The fraction of sp³-hybridized carbons (Fsp3) is 0.917. The molecule has 0 heterocycles. The molecule has 0 aliphatic heterocycles. The monoisotopic (exact) mass is 277 g/mol. The van der Waals surface area contributed by atoms with E-state index >= 15 is 0 Å². The molecule has 0 bridgehead atoms. The number of rotatable bonds is 10. The van der Waals surface area contributed by atoms with Crippen molar-refractivity contribution in [3.8, 4) is 6.07 Å². The van der Waals surface area contributed by atoms with Crippen LogP contribution in [0.15, 0.2) is 0 Å². The Morgan fingerprint density at radius 1 is 1.11 bits per heavy atom. The predicted molar refractivity (Wildman–Crippen MR) is 70.6 cm³/mol. The lowest BCUT2D eigenvalue weighted by molar-refractivity contribution is -0.0897. The molecule has 0 saturated heterocycles. The Morgan fingerprint density at radius 3 is 2.00 bits per heavy atom. The van der Waals surface area contributed by atoms with Crippen molar-refractivity contribution in [2.24, 2.45) is 0 Å². The van der Waals surface area contributed by atoms with Gasteiger partial charge in [0, 0.05) is 19.6 Å². The molecule has 5 nitrogen and oxygen atoms in total. The summed E-state index contributed by atoms with van der Waals surface area (Å²) in [5.41, 5.74) is -0.342. The van der Waals surface area contributed by atoms with Gasteiger partial charge in [-0.1, -0.05) is 6.92 Å². The molecule has 2 unspecified atom stereocenters. The largest absolute Gasteiger partial charge is 0.345 e. The maximum absolute atomic E-state index is 13.0. The minimum atomic E-state index is -3.16. The lowest BCUT2D eigenvalue weighted by Gasteiger charge is -2.31. The average Bonchev–Trinajstić information content (AvgIpc) is 2.35. The van der Waals surface area contributed by atoms with Crippen LogP contribution in [0.4, 0.5) is 0 Å². The first kappa shape index (κ1) is 17.6. The number of nitrogens with zero attached hydrogens (tertiary/aromatic N) is 1. The summed E-state index contributed by atoms with van der Waals surface area (Å²) in [6.45, 7) is 8.40. The number of hydrogen-bond acceptors (Lipinski definition) is 5. The van der Waals surface area contributed by atoms with Crippen LogP contribution in [0.5, 0.6) is 0 Å². The van der Waals surface area contributed by atoms with E-state index in [1.807, 2.05) is 20.8 Å². The number of ether oxygens (including phenoxy) is 2. The van der Waals surface area contributed by atoms with Crippen LogP contribution in [-0.2, 0) is 18.6 Å². The van der Waals surface area contributed by atoms with Crippen LogP contribution in [-0.4, -0.2) is 31.5 Å². The van der Waals surface area contributed by atoms with Crippen molar-refractivity contribution in [3.05, 3.63) is 0 Å². The second-order valence-corrected chi connectivity index (χ2v) is 6.41. The molecule has 2 atom stereocenters. The Morgan fingerprint density at radius 2 is 1.67 bits per heavy atom. The normalized spacial score (nSPS) is 16.2. The van der Waals surface area contributed by atoms with Crippen molar-refractivity contribution in [2.75, 3.05) is 19.8 Å². The number of hydrogen-bond donors (Lipinski definition) is 0. The standard InChI is InChI=1S/C12H24NO4P/c1-5-11(9-10-13)18(14,17-8-4)12(15-6-2)16-7-3/h11-12H,5-9H2,1-4H3. The van der Waals surface area contributed by atoms with Gasteiger partial charge < -0.3 is 14.0 Å². The molecule has 0 aromatic heterocycles. The minimum absolute atomic E-state index is 0.185. The molecular weight excluding hydrogens is 253 g/mol. The predicted octanol–water partition coefficient (Wildman–Crippen LogP) is 3.35. The van der Waals surface area contributed by atoms with Gasteiger partial charge >= 0.3 is 0 Å². The van der Waals surface area contributed by atoms with Gasteiger partial charge in [0.15, 0.2) is 0 Å². The third-order valence-corrected chi connectivity index (χ3v) is 5.66. The Balaban J connectivity index is 5.16. The van der Waals surface area contributed by atoms with Crippen LogP contribution in [0.2, 0.25) is 0 Å². The van der Waals surface area contributed by atoms with Gasteiger partial charge in [0.2, 0.25) is 6.03 Å². The van der Waals surface area contributed by atoms with E-state index in [-0.39, 0.29) is 12.1 Å². The molecule has 0 saturated carbocycles. The highest BCUT2D eigenvalue weighted by Gasteiger charge is 2.42. The van der Waals surface area contributed by atoms with Crippen molar-refractivity contribution in [2.45, 2.75) is 52.2 Å². The summed E-state index contributed by atoms with van der Waals surface area (Å²) in [6.07, 6.45) is 0.784. The average molecular weight is 277 g/mol. The minimum Gasteiger partial charge on any atom is -0.345 e. The lowest BCUT2D eigenvalue weighted by atomic mass is 10.3. The van der Waals surface area contributed by atoms with Gasteiger partial charge in [-0.05, 0) is 27.2 Å². The first-order valence-corrected chi connectivity index (χ1v) is 8.20. The molecule has 106 valence electrons. The Labute approximate surface area is 110 Å². The molecule has 0 fully saturated rings. The van der Waals surface area contributed by atoms with E-state index in [2.05, 4.69) is 6.07 Å². The van der Waals surface area contributed by atoms with Gasteiger partial charge in [-0.25, -0.2) is 0 Å². The van der Waals surface area contributed by atoms with Crippen molar-refractivity contribution < 1.29 is 18.6 Å². The fourth-order valence-corrected chi connectivity index (χ4v) is 4.35. The second kappa shape index (κ2) is 9.52. The molecule has 0 N–H and O–H groups in total. The van der Waals surface area contributed by atoms with Crippen LogP contribution in [0.25, 0.3) is 0 Å². The number of nitriles is 1. The van der Waals surface area contributed by atoms with Crippen molar-refractivity contribution >= 4 is 7.37 Å². The van der Waals surface area contributed by atoms with Gasteiger partial charge in [0.1, 0.15) is 0 Å². The topological polar surface area (TPSA) is 68.6 Å². The molecule has 6 heteroatoms. The van der Waals surface area contributed by atoms with Gasteiger partial charge in [-0.2, -0.15) is 5.26 Å². The van der Waals surface area contributed by atoms with E-state index < -0.39 is 13.4 Å². The maximum Gasteiger partial charge on any atom is 0.261 e. The molecule has 0 aromatic rings. The summed E-state index contributed by atoms with van der Waals surface area (Å²) in [7, 11) is -3.16. The molecule has 0 radical (unpaired) electrons. The van der Waals surface area contributed by atoms with Crippen molar-refractivity contribution in [3.63, 3.8) is 0 Å². The van der Waals surface area contributed by atoms with Crippen LogP contribution in [0, 0.1) is 11.3 Å². The summed E-state index contributed by atoms with van der Waals surface area (Å²) in [5.74, 6) is 0. The first-order chi connectivity index (χ1) is 8.60. The second-order valence-electron chi connectivity index (χ2n) is 3.71. The zero-order valence-corrected chi connectivity index (χ0v) is 12.6. The highest BCUT2D eigenvalue weighted by molar-refractivity contribution is 7.60. The molecule has 0 spiro atoms. The van der Waals surface area contributed by atoms with E-state index in [0.29, 0.717) is 26.2 Å². The highest BCUT2D eigenvalue weighted by Crippen LogP contribution is 2.59. The third kappa shape index (κ3) is 4.70. The molecule has 18 heavy (non-hydrogen) atoms. The summed E-state index contributed by atoms with van der Waals surface area (Å²) in [6, 6.07) is 1.19. The fourth-order valence-electron chi connectivity index (χ4n) is 1.71. The maximum atomic E-state index is 13.0. The molecule has 0 amide bonds. The molecule has 0 aliphatic carbocycles. The SMILES string of the molecule is CCOC(OCC)P(=O)(OCC)C(CC)CC#N. The smallest absolute Gasteiger partial charge is 0.261 e. The van der Waals surface area contributed by atoms with Crippen LogP contribution < -0.4 is 0 Å². The van der Waals surface area contributed by atoms with E-state index in [0.717, 1.165) is 0 Å². The van der Waals surface area contributed by atoms with Crippen LogP contribution >= 0.6 is 7.37 Å². The first-order valence-electron chi connectivity index (χ1n) is 6.44. The van der Waals surface area contributed by atoms with Gasteiger partial charge in [-0.3, -0.25) is 4.57 Å². The quantitative estimate of drug-likeness (QED) is 0.452. The zero-order chi connectivity index (χ0) is 14.0. The van der Waals surface area contributed by atoms with Crippen molar-refractivity contribution in [1.82, 2.24) is 0 Å². The Bertz CT molecular complexity index is 297. The van der Waals surface area contributed by atoms with E-state index in [9.17, 15) is 4.57 Å². The third-order valence-electron chi connectivity index (χ3n) is 2.55. The molecule has 0 aromatic carbocycles. The van der Waals surface area contributed by atoms with Gasteiger partial charge in [0.05, 0.1) is 18.3 Å². The lowest BCUT2D eigenvalue weighted by Crippen LogP contribution is -2.26. The highest BCUT2D eigenvalue weighted by atomic mass is 31.2. The van der Waals surface area contributed by atoms with Gasteiger partial charge in [-0.15, -0.1) is 0 Å². The summed E-state index contributed by atoms with van der Waals surface area (Å²) in [4.78, 5) is 0. The molecule has 0 aliphatic rings. The van der Waals surface area contributed by atoms with Crippen molar-refractivity contribution in [1.29, 1.82) is 5.26 Å². The zero-order valence-electron chi connectivity index (χ0n) is 11.7. The Kier molecular flexibility index (Phi) is 9.31. The van der Waals surface area contributed by atoms with E-state index in [4.69, 9.17) is 19.3 Å². The van der Waals surface area contributed by atoms with Gasteiger partial charge in [0.25, 0.3) is 7.37 Å². The van der Waals surface area contributed by atoms with Crippen LogP contribution in [0.3, 0.4) is 0 Å². The molecular formula is C12H24NO4P. The Hall–Kier alpha value is -0.400.